The fourth-order valence-corrected chi connectivity index (χ4v) is 8.56. The Balaban J connectivity index is 1.08. The number of aromatic nitrogens is 4. The molecule has 1 aliphatic carbocycles. The highest BCUT2D eigenvalue weighted by atomic mass is 35.5. The predicted octanol–water partition coefficient (Wildman–Crippen LogP) is 8.74. The molecule has 14 nitrogen and oxygen atoms in total. The first-order valence-electron chi connectivity index (χ1n) is 20.1. The summed E-state index contributed by atoms with van der Waals surface area (Å²) in [5.74, 6) is -0.361. The number of likely N-dealkylation sites (tertiary alicyclic amines) is 1. The number of sulfonamides is 1. The number of halogens is 4. The van der Waals surface area contributed by atoms with Crippen molar-refractivity contribution in [2.45, 2.75) is 109 Å². The van der Waals surface area contributed by atoms with Crippen LogP contribution in [0.4, 0.5) is 23.8 Å². The van der Waals surface area contributed by atoms with Gasteiger partial charge in [0.15, 0.2) is 11.6 Å². The van der Waals surface area contributed by atoms with Crippen LogP contribution in [0.3, 0.4) is 0 Å². The zero-order valence-electron chi connectivity index (χ0n) is 34.7. The molecule has 0 spiro atoms. The fourth-order valence-electron chi connectivity index (χ4n) is 7.26. The SMILES string of the molecule is CC(C)(C)OC(=O)N1C[C@@H](CCCNc2ccc(OCc3ccccc3)c(S(=O)(=O)NC(=O)c3ccc(-n4ccc(OCCCC5(C(F)(F)F)CC5)n4)nc3Cl)n2)CC1(C)C. The Morgan fingerprint density at radius 1 is 0.967 bits per heavy atom. The number of amides is 2. The number of carbonyl (C=O) groups excluding carboxylic acids is 2. The molecule has 2 fully saturated rings. The van der Waals surface area contributed by atoms with Crippen molar-refractivity contribution in [3.05, 3.63) is 83.1 Å². The van der Waals surface area contributed by atoms with Crippen LogP contribution >= 0.6 is 11.6 Å². The summed E-state index contributed by atoms with van der Waals surface area (Å²) in [6, 6.07) is 16.3. The summed E-state index contributed by atoms with van der Waals surface area (Å²) in [5.41, 5.74) is -2.04. The van der Waals surface area contributed by atoms with Crippen molar-refractivity contribution in [2.24, 2.45) is 11.3 Å². The number of rotatable bonds is 17. The number of nitrogens with zero attached hydrogens (tertiary/aromatic N) is 5. The molecule has 1 aromatic carbocycles. The molecule has 4 heterocycles. The van der Waals surface area contributed by atoms with Gasteiger partial charge in [-0.1, -0.05) is 41.9 Å². The molecule has 4 aromatic rings. The van der Waals surface area contributed by atoms with E-state index in [2.05, 4.69) is 20.4 Å². The van der Waals surface area contributed by atoms with E-state index in [0.717, 1.165) is 18.4 Å². The second-order valence-electron chi connectivity index (χ2n) is 17.1. The molecule has 0 unspecified atom stereocenters. The molecule has 1 saturated carbocycles. The Labute approximate surface area is 358 Å². The van der Waals surface area contributed by atoms with E-state index in [4.69, 9.17) is 25.8 Å². The van der Waals surface area contributed by atoms with Crippen LogP contribution in [-0.4, -0.2) is 82.1 Å². The standard InChI is InChI=1S/C42H51ClF3N7O7S/c1-39(2,3)60-38(55)52-26-29(25-40(52,4)5)13-9-22-47-32-16-15-31(59-27-28-11-7-6-8-12-28)37(48-32)61(56,57)51-36(54)30-14-17-33(49-35(30)43)53-23-18-34(50-53)58-24-10-19-41(20-21-41)42(44,45)46/h6-8,11-12,14-18,23,29H,9-10,13,19-22,24-27H2,1-5H3,(H,47,48)(H,51,54)/t29-/m0/s1. The number of anilines is 1. The maximum atomic E-state index is 13.9. The van der Waals surface area contributed by atoms with Gasteiger partial charge in [-0.2, -0.15) is 21.6 Å². The lowest BCUT2D eigenvalue weighted by atomic mass is 9.93. The molecular weight excluding hydrogens is 839 g/mol. The lowest BCUT2D eigenvalue weighted by Gasteiger charge is -2.33. The molecule has 1 aliphatic heterocycles. The van der Waals surface area contributed by atoms with E-state index < -0.39 is 38.1 Å². The smallest absolute Gasteiger partial charge is 0.410 e. The number of alkyl halides is 3. The highest BCUT2D eigenvalue weighted by molar-refractivity contribution is 7.90. The first kappa shape index (κ1) is 45.4. The summed E-state index contributed by atoms with van der Waals surface area (Å²) >= 11 is 6.39. The largest absolute Gasteiger partial charge is 0.486 e. The van der Waals surface area contributed by atoms with Gasteiger partial charge in [0.2, 0.25) is 10.9 Å². The molecule has 2 N–H and O–H groups in total. The summed E-state index contributed by atoms with van der Waals surface area (Å²) in [7, 11) is -4.66. The molecule has 330 valence electrons. The third-order valence-electron chi connectivity index (χ3n) is 10.6. The minimum absolute atomic E-state index is 0.0205. The Morgan fingerprint density at radius 3 is 2.38 bits per heavy atom. The number of pyridine rings is 2. The monoisotopic (exact) mass is 889 g/mol. The van der Waals surface area contributed by atoms with Crippen molar-refractivity contribution in [2.75, 3.05) is 25.0 Å². The number of carbonyl (C=O) groups is 2. The van der Waals surface area contributed by atoms with E-state index >= 15 is 0 Å². The number of nitrogens with one attached hydrogen (secondary N) is 2. The van der Waals surface area contributed by atoms with Crippen LogP contribution in [0.5, 0.6) is 11.6 Å². The Bertz CT molecular complexity index is 2300. The van der Waals surface area contributed by atoms with Crippen molar-refractivity contribution in [1.82, 2.24) is 29.4 Å². The molecule has 2 aliphatic rings. The average Bonchev–Trinajstić information content (AvgIpc) is 3.73. The van der Waals surface area contributed by atoms with Crippen LogP contribution in [-0.2, 0) is 21.4 Å². The fraction of sp³-hybridized carbons (Fsp3) is 0.500. The molecule has 1 saturated heterocycles. The third-order valence-corrected chi connectivity index (χ3v) is 12.1. The second kappa shape index (κ2) is 18.1. The maximum Gasteiger partial charge on any atom is 0.410 e. The topological polar surface area (TPSA) is 167 Å². The van der Waals surface area contributed by atoms with Gasteiger partial charge in [-0.3, -0.25) is 4.79 Å². The maximum absolute atomic E-state index is 13.9. The number of hydrogen-bond donors (Lipinski definition) is 2. The van der Waals surface area contributed by atoms with Crippen LogP contribution in [0.25, 0.3) is 5.82 Å². The highest BCUT2D eigenvalue weighted by Crippen LogP contribution is 2.60. The molecule has 19 heteroatoms. The summed E-state index contributed by atoms with van der Waals surface area (Å²) in [6.07, 6.45) is -0.311. The molecule has 61 heavy (non-hydrogen) atoms. The Morgan fingerprint density at radius 2 is 1.70 bits per heavy atom. The molecule has 0 radical (unpaired) electrons. The lowest BCUT2D eigenvalue weighted by Crippen LogP contribution is -2.45. The van der Waals surface area contributed by atoms with Gasteiger partial charge >= 0.3 is 12.3 Å². The quantitative estimate of drug-likeness (QED) is 0.0769. The van der Waals surface area contributed by atoms with Gasteiger partial charge < -0.3 is 24.4 Å². The summed E-state index contributed by atoms with van der Waals surface area (Å²) in [5, 5.41) is 6.56. The van der Waals surface area contributed by atoms with Crippen LogP contribution in [0.2, 0.25) is 5.15 Å². The van der Waals surface area contributed by atoms with E-state index in [1.165, 1.54) is 35.1 Å². The Hall–Kier alpha value is -5.10. The molecule has 0 bridgehead atoms. The summed E-state index contributed by atoms with van der Waals surface area (Å²) < 4.78 is 87.8. The van der Waals surface area contributed by atoms with Gasteiger partial charge in [-0.05, 0) is 115 Å². The van der Waals surface area contributed by atoms with Crippen molar-refractivity contribution in [1.29, 1.82) is 0 Å². The molecule has 3 aromatic heterocycles. The van der Waals surface area contributed by atoms with E-state index in [0.29, 0.717) is 19.5 Å². The number of hydrogen-bond acceptors (Lipinski definition) is 11. The highest BCUT2D eigenvalue weighted by Gasteiger charge is 2.62. The number of ether oxygens (including phenoxy) is 3. The van der Waals surface area contributed by atoms with Crippen LogP contribution < -0.4 is 19.5 Å². The van der Waals surface area contributed by atoms with Gasteiger partial charge in [0, 0.05) is 30.9 Å². The average molecular weight is 890 g/mol. The molecule has 6 rings (SSSR count). The summed E-state index contributed by atoms with van der Waals surface area (Å²) in [4.78, 5) is 36.7. The van der Waals surface area contributed by atoms with Crippen molar-refractivity contribution < 1.29 is 45.4 Å². The normalized spacial score (nSPS) is 17.1. The lowest BCUT2D eigenvalue weighted by molar-refractivity contribution is -0.189. The molecular formula is C42H51ClF3N7O7S. The van der Waals surface area contributed by atoms with Gasteiger partial charge in [0.05, 0.1) is 17.6 Å². The zero-order chi connectivity index (χ0) is 44.2. The first-order valence-corrected chi connectivity index (χ1v) is 21.9. The zero-order valence-corrected chi connectivity index (χ0v) is 36.3. The van der Waals surface area contributed by atoms with Gasteiger partial charge in [0.1, 0.15) is 23.2 Å². The van der Waals surface area contributed by atoms with Crippen LogP contribution in [0.15, 0.2) is 71.9 Å². The van der Waals surface area contributed by atoms with Crippen molar-refractivity contribution in [3.8, 4) is 17.4 Å². The van der Waals surface area contributed by atoms with Crippen molar-refractivity contribution >= 4 is 39.4 Å². The summed E-state index contributed by atoms with van der Waals surface area (Å²) in [6.45, 7) is 10.7. The molecule has 1 atom stereocenters. The van der Waals surface area contributed by atoms with E-state index in [1.54, 1.807) is 11.0 Å². The van der Waals surface area contributed by atoms with E-state index in [9.17, 15) is 31.2 Å². The predicted molar refractivity (Wildman–Crippen MR) is 221 cm³/mol. The van der Waals surface area contributed by atoms with Crippen LogP contribution in [0, 0.1) is 11.3 Å². The first-order chi connectivity index (χ1) is 28.6. The second-order valence-corrected chi connectivity index (χ2v) is 19.0. The minimum Gasteiger partial charge on any atom is -0.486 e. The van der Waals surface area contributed by atoms with Crippen molar-refractivity contribution in [3.63, 3.8) is 0 Å². The van der Waals surface area contributed by atoms with Gasteiger partial charge in [-0.25, -0.2) is 24.2 Å². The van der Waals surface area contributed by atoms with Crippen LogP contribution in [0.1, 0.15) is 95.5 Å². The molecule has 2 amide bonds. The van der Waals surface area contributed by atoms with Gasteiger partial charge in [-0.15, -0.1) is 5.10 Å². The number of benzene rings is 1. The van der Waals surface area contributed by atoms with E-state index in [1.807, 2.05) is 69.7 Å². The van der Waals surface area contributed by atoms with E-state index in [-0.39, 0.29) is 90.4 Å². The van der Waals surface area contributed by atoms with Gasteiger partial charge in [0.25, 0.3) is 15.9 Å². The minimum atomic E-state index is -4.66. The Kier molecular flexibility index (Phi) is 13.5. The third kappa shape index (κ3) is 11.6.